The Kier molecular flexibility index (Phi) is 3.62. The Labute approximate surface area is 112 Å². The van der Waals surface area contributed by atoms with E-state index in [1.54, 1.807) is 18.2 Å². The molecule has 0 spiro atoms. The van der Waals surface area contributed by atoms with Crippen LogP contribution in [0.2, 0.25) is 0 Å². The van der Waals surface area contributed by atoms with Gasteiger partial charge in [-0.05, 0) is 46.3 Å². The number of benzene rings is 2. The van der Waals surface area contributed by atoms with Gasteiger partial charge in [-0.15, -0.1) is 0 Å². The number of amides is 1. The molecule has 92 valence electrons. The topological polar surface area (TPSA) is 55.1 Å². The second kappa shape index (κ2) is 5.18. The van der Waals surface area contributed by atoms with Crippen LogP contribution in [0.3, 0.4) is 0 Å². The summed E-state index contributed by atoms with van der Waals surface area (Å²) in [6.45, 7) is 0. The van der Waals surface area contributed by atoms with Crippen molar-refractivity contribution in [3.05, 3.63) is 58.3 Å². The molecule has 0 atom stereocenters. The molecule has 0 saturated carbocycles. The lowest BCUT2D eigenvalue weighted by molar-refractivity contribution is 0.102. The van der Waals surface area contributed by atoms with Crippen LogP contribution in [0.25, 0.3) is 0 Å². The van der Waals surface area contributed by atoms with Gasteiger partial charge in [-0.1, -0.05) is 12.1 Å². The lowest BCUT2D eigenvalue weighted by Crippen LogP contribution is -2.13. The normalized spacial score (nSPS) is 10.1. The zero-order chi connectivity index (χ0) is 13.1. The van der Waals surface area contributed by atoms with E-state index in [1.165, 1.54) is 12.1 Å². The molecule has 18 heavy (non-hydrogen) atoms. The monoisotopic (exact) mass is 308 g/mol. The number of anilines is 2. The highest BCUT2D eigenvalue weighted by Crippen LogP contribution is 2.22. The van der Waals surface area contributed by atoms with Crippen molar-refractivity contribution in [2.24, 2.45) is 0 Å². The van der Waals surface area contributed by atoms with Crippen LogP contribution in [0.5, 0.6) is 0 Å². The van der Waals surface area contributed by atoms with Crippen molar-refractivity contribution < 1.29 is 9.18 Å². The summed E-state index contributed by atoms with van der Waals surface area (Å²) in [6, 6.07) is 10.9. The number of nitrogens with one attached hydrogen (secondary N) is 1. The fraction of sp³-hybridized carbons (Fsp3) is 0. The van der Waals surface area contributed by atoms with E-state index >= 15 is 0 Å². The molecule has 2 rings (SSSR count). The van der Waals surface area contributed by atoms with Crippen LogP contribution in [0, 0.1) is 5.82 Å². The first-order chi connectivity index (χ1) is 8.58. The molecule has 0 aromatic heterocycles. The van der Waals surface area contributed by atoms with Gasteiger partial charge in [0.1, 0.15) is 5.82 Å². The van der Waals surface area contributed by atoms with E-state index in [9.17, 15) is 9.18 Å². The van der Waals surface area contributed by atoms with E-state index < -0.39 is 5.82 Å². The second-order valence-electron chi connectivity index (χ2n) is 3.67. The Morgan fingerprint density at radius 2 is 1.94 bits per heavy atom. The number of carbonyl (C=O) groups is 1. The van der Waals surface area contributed by atoms with E-state index in [2.05, 4.69) is 21.2 Å². The number of hydrogen-bond acceptors (Lipinski definition) is 2. The van der Waals surface area contributed by atoms with Crippen molar-refractivity contribution in [2.75, 3.05) is 11.1 Å². The molecule has 0 fully saturated rings. The first-order valence-corrected chi connectivity index (χ1v) is 5.98. The zero-order valence-corrected chi connectivity index (χ0v) is 10.9. The maximum Gasteiger partial charge on any atom is 0.256 e. The standard InChI is InChI=1S/C13H10BrFN2O/c14-10-4-2-1-3-9(10)13(18)17-12-6-5-8(15)7-11(12)16/h1-7H,16H2,(H,17,18). The summed E-state index contributed by atoms with van der Waals surface area (Å²) in [5.74, 6) is -0.743. The lowest BCUT2D eigenvalue weighted by atomic mass is 10.2. The van der Waals surface area contributed by atoms with Crippen LogP contribution in [0.15, 0.2) is 46.9 Å². The molecule has 0 heterocycles. The van der Waals surface area contributed by atoms with Gasteiger partial charge in [0, 0.05) is 4.47 Å². The number of nitrogen functional groups attached to an aromatic ring is 1. The first-order valence-electron chi connectivity index (χ1n) is 5.19. The van der Waals surface area contributed by atoms with Gasteiger partial charge >= 0.3 is 0 Å². The minimum Gasteiger partial charge on any atom is -0.397 e. The summed E-state index contributed by atoms with van der Waals surface area (Å²) in [6.07, 6.45) is 0. The summed E-state index contributed by atoms with van der Waals surface area (Å²) < 4.78 is 13.6. The van der Waals surface area contributed by atoms with Crippen molar-refractivity contribution in [3.8, 4) is 0 Å². The average molecular weight is 309 g/mol. The van der Waals surface area contributed by atoms with Crippen molar-refractivity contribution in [1.29, 1.82) is 0 Å². The molecule has 0 radical (unpaired) electrons. The van der Waals surface area contributed by atoms with Crippen molar-refractivity contribution in [3.63, 3.8) is 0 Å². The first kappa shape index (κ1) is 12.6. The molecule has 0 saturated heterocycles. The summed E-state index contributed by atoms with van der Waals surface area (Å²) in [4.78, 5) is 12.0. The Balaban J connectivity index is 2.24. The summed E-state index contributed by atoms with van der Waals surface area (Å²) >= 11 is 3.29. The van der Waals surface area contributed by atoms with Crippen LogP contribution >= 0.6 is 15.9 Å². The molecule has 3 nitrogen and oxygen atoms in total. The fourth-order valence-corrected chi connectivity index (χ4v) is 1.95. The van der Waals surface area contributed by atoms with Gasteiger partial charge in [-0.2, -0.15) is 0 Å². The quantitative estimate of drug-likeness (QED) is 0.835. The number of rotatable bonds is 2. The predicted octanol–water partition coefficient (Wildman–Crippen LogP) is 3.42. The van der Waals surface area contributed by atoms with Crippen LogP contribution in [-0.4, -0.2) is 5.91 Å². The summed E-state index contributed by atoms with van der Waals surface area (Å²) in [5, 5.41) is 2.63. The highest BCUT2D eigenvalue weighted by molar-refractivity contribution is 9.10. The minimum absolute atomic E-state index is 0.190. The third-order valence-electron chi connectivity index (χ3n) is 2.38. The maximum absolute atomic E-state index is 12.9. The van der Waals surface area contributed by atoms with Crippen LogP contribution in [0.4, 0.5) is 15.8 Å². The van der Waals surface area contributed by atoms with E-state index in [0.29, 0.717) is 15.7 Å². The molecular formula is C13H10BrFN2O. The van der Waals surface area contributed by atoms with Gasteiger partial charge in [0.05, 0.1) is 16.9 Å². The van der Waals surface area contributed by atoms with Gasteiger partial charge in [0.25, 0.3) is 5.91 Å². The van der Waals surface area contributed by atoms with E-state index in [4.69, 9.17) is 5.73 Å². The molecule has 2 aromatic rings. The Morgan fingerprint density at radius 3 is 2.61 bits per heavy atom. The van der Waals surface area contributed by atoms with Gasteiger partial charge in [-0.3, -0.25) is 4.79 Å². The van der Waals surface area contributed by atoms with Gasteiger partial charge in [0.15, 0.2) is 0 Å². The molecule has 0 unspecified atom stereocenters. The van der Waals surface area contributed by atoms with Crippen molar-refractivity contribution in [2.45, 2.75) is 0 Å². The smallest absolute Gasteiger partial charge is 0.256 e. The molecule has 3 N–H and O–H groups in total. The van der Waals surface area contributed by atoms with Crippen molar-refractivity contribution >= 4 is 33.2 Å². The number of hydrogen-bond donors (Lipinski definition) is 2. The molecule has 0 aliphatic carbocycles. The van der Waals surface area contributed by atoms with Crippen LogP contribution in [0.1, 0.15) is 10.4 Å². The van der Waals surface area contributed by atoms with E-state index in [0.717, 1.165) is 6.07 Å². The number of halogens is 2. The van der Waals surface area contributed by atoms with Crippen LogP contribution in [-0.2, 0) is 0 Å². The van der Waals surface area contributed by atoms with Crippen molar-refractivity contribution in [1.82, 2.24) is 0 Å². The van der Waals surface area contributed by atoms with E-state index in [-0.39, 0.29) is 11.6 Å². The predicted molar refractivity (Wildman–Crippen MR) is 72.9 cm³/mol. The lowest BCUT2D eigenvalue weighted by Gasteiger charge is -2.09. The zero-order valence-electron chi connectivity index (χ0n) is 9.28. The van der Waals surface area contributed by atoms with Gasteiger partial charge in [-0.25, -0.2) is 4.39 Å². The molecule has 2 aromatic carbocycles. The molecule has 0 aliphatic heterocycles. The fourth-order valence-electron chi connectivity index (χ4n) is 1.48. The Morgan fingerprint density at radius 1 is 1.22 bits per heavy atom. The number of nitrogens with two attached hydrogens (primary N) is 1. The average Bonchev–Trinajstić information content (AvgIpc) is 2.33. The summed E-state index contributed by atoms with van der Waals surface area (Å²) in [5.41, 5.74) is 6.68. The van der Waals surface area contributed by atoms with Crippen LogP contribution < -0.4 is 11.1 Å². The minimum atomic E-state index is -0.439. The highest BCUT2D eigenvalue weighted by atomic mass is 79.9. The largest absolute Gasteiger partial charge is 0.397 e. The summed E-state index contributed by atoms with van der Waals surface area (Å²) in [7, 11) is 0. The Bertz CT molecular complexity index is 601. The molecule has 1 amide bonds. The third-order valence-corrected chi connectivity index (χ3v) is 3.07. The maximum atomic E-state index is 12.9. The molecule has 0 bridgehead atoms. The van der Waals surface area contributed by atoms with E-state index in [1.807, 2.05) is 6.07 Å². The SMILES string of the molecule is Nc1cc(F)ccc1NC(=O)c1ccccc1Br. The number of carbonyl (C=O) groups excluding carboxylic acids is 1. The molecule has 5 heteroatoms. The molecule has 0 aliphatic rings. The van der Waals surface area contributed by atoms with Gasteiger partial charge in [0.2, 0.25) is 0 Å². The highest BCUT2D eigenvalue weighted by Gasteiger charge is 2.11. The molecular weight excluding hydrogens is 299 g/mol. The third kappa shape index (κ3) is 2.68. The van der Waals surface area contributed by atoms with Gasteiger partial charge < -0.3 is 11.1 Å². The second-order valence-corrected chi connectivity index (χ2v) is 4.52. The Hall–Kier alpha value is -1.88.